The number of nitrogens with one attached hydrogen (secondary N) is 1. The zero-order valence-electron chi connectivity index (χ0n) is 12.5. The van der Waals surface area contributed by atoms with Gasteiger partial charge in [0.1, 0.15) is 0 Å². The number of nitrogens with zero attached hydrogens (tertiary/aromatic N) is 1. The Hall–Kier alpha value is -0.0800. The minimum absolute atomic E-state index is 0.792. The molecule has 3 unspecified atom stereocenters. The van der Waals surface area contributed by atoms with Crippen LogP contribution in [0.1, 0.15) is 65.2 Å². The normalized spacial score (nSPS) is 31.0. The second-order valence-electron chi connectivity index (χ2n) is 6.24. The van der Waals surface area contributed by atoms with E-state index in [1.54, 1.807) is 0 Å². The lowest BCUT2D eigenvalue weighted by atomic mass is 9.77. The Balaban J connectivity index is 1.97. The van der Waals surface area contributed by atoms with Gasteiger partial charge in [0, 0.05) is 18.6 Å². The summed E-state index contributed by atoms with van der Waals surface area (Å²) in [5.41, 5.74) is 0. The van der Waals surface area contributed by atoms with Crippen LogP contribution in [-0.2, 0) is 0 Å². The molecule has 1 aliphatic heterocycles. The molecule has 1 heterocycles. The van der Waals surface area contributed by atoms with Gasteiger partial charge < -0.3 is 5.32 Å². The molecule has 3 atom stereocenters. The van der Waals surface area contributed by atoms with E-state index >= 15 is 0 Å². The van der Waals surface area contributed by atoms with Gasteiger partial charge in [-0.2, -0.15) is 0 Å². The molecule has 0 bridgehead atoms. The second-order valence-corrected chi connectivity index (χ2v) is 6.24. The summed E-state index contributed by atoms with van der Waals surface area (Å²) in [6.45, 7) is 8.23. The molecule has 0 radical (unpaired) electrons. The van der Waals surface area contributed by atoms with E-state index in [-0.39, 0.29) is 0 Å². The van der Waals surface area contributed by atoms with E-state index in [1.807, 2.05) is 0 Å². The first kappa shape index (κ1) is 14.3. The van der Waals surface area contributed by atoms with Crippen LogP contribution in [0.5, 0.6) is 0 Å². The van der Waals surface area contributed by atoms with Gasteiger partial charge in [-0.1, -0.05) is 33.1 Å². The van der Waals surface area contributed by atoms with E-state index in [0.717, 1.165) is 24.5 Å². The molecule has 106 valence electrons. The first-order valence-electron chi connectivity index (χ1n) is 8.33. The van der Waals surface area contributed by atoms with Crippen LogP contribution in [0.4, 0.5) is 0 Å². The highest BCUT2D eigenvalue weighted by atomic mass is 15.2. The van der Waals surface area contributed by atoms with Gasteiger partial charge in [-0.25, -0.2) is 0 Å². The molecule has 1 saturated heterocycles. The number of rotatable bonds is 6. The molecule has 0 aromatic carbocycles. The van der Waals surface area contributed by atoms with Crippen molar-refractivity contribution in [2.75, 3.05) is 19.6 Å². The highest BCUT2D eigenvalue weighted by Crippen LogP contribution is 2.36. The van der Waals surface area contributed by atoms with Crippen LogP contribution in [0, 0.1) is 5.92 Å². The van der Waals surface area contributed by atoms with Crippen molar-refractivity contribution in [1.82, 2.24) is 10.2 Å². The number of hydrogen-bond donors (Lipinski definition) is 1. The van der Waals surface area contributed by atoms with Gasteiger partial charge in [0.05, 0.1) is 0 Å². The number of fused-ring (bicyclic) bond motifs is 1. The molecule has 0 aromatic heterocycles. The smallest absolute Gasteiger partial charge is 0.0223 e. The summed E-state index contributed by atoms with van der Waals surface area (Å²) in [7, 11) is 0. The van der Waals surface area contributed by atoms with Gasteiger partial charge in [0.25, 0.3) is 0 Å². The fourth-order valence-electron chi connectivity index (χ4n) is 4.15. The fraction of sp³-hybridized carbons (Fsp3) is 1.00. The third-order valence-electron chi connectivity index (χ3n) is 5.01. The van der Waals surface area contributed by atoms with Crippen LogP contribution in [-0.4, -0.2) is 36.6 Å². The minimum Gasteiger partial charge on any atom is -0.315 e. The zero-order valence-corrected chi connectivity index (χ0v) is 12.5. The van der Waals surface area contributed by atoms with Crippen LogP contribution < -0.4 is 5.32 Å². The molecule has 2 aliphatic rings. The number of likely N-dealkylation sites (tertiary alicyclic amines) is 1. The second kappa shape index (κ2) is 7.49. The molecular weight excluding hydrogens is 220 g/mol. The zero-order chi connectivity index (χ0) is 12.8. The van der Waals surface area contributed by atoms with E-state index in [1.165, 1.54) is 64.5 Å². The number of likely N-dealkylation sites (N-methyl/N-ethyl adjacent to an activating group) is 1. The lowest BCUT2D eigenvalue weighted by Gasteiger charge is -2.48. The topological polar surface area (TPSA) is 15.3 Å². The summed E-state index contributed by atoms with van der Waals surface area (Å²) in [5, 5.41) is 3.58. The van der Waals surface area contributed by atoms with Crippen LogP contribution in [0.3, 0.4) is 0 Å². The average molecular weight is 252 g/mol. The first-order valence-corrected chi connectivity index (χ1v) is 8.33. The van der Waals surface area contributed by atoms with Crippen LogP contribution >= 0.6 is 0 Å². The Kier molecular flexibility index (Phi) is 5.97. The Morgan fingerprint density at radius 3 is 2.67 bits per heavy atom. The summed E-state index contributed by atoms with van der Waals surface area (Å²) >= 11 is 0. The molecule has 2 heteroatoms. The molecule has 0 spiro atoms. The van der Waals surface area contributed by atoms with Gasteiger partial charge in [0.2, 0.25) is 0 Å². The van der Waals surface area contributed by atoms with Crippen molar-refractivity contribution in [3.8, 4) is 0 Å². The third-order valence-corrected chi connectivity index (χ3v) is 5.01. The van der Waals surface area contributed by atoms with E-state index in [2.05, 4.69) is 24.1 Å². The SMILES string of the molecule is CCCC(CNCC)N1CCCC2CCCCC21. The molecular formula is C16H32N2. The molecule has 2 nitrogen and oxygen atoms in total. The monoisotopic (exact) mass is 252 g/mol. The minimum atomic E-state index is 0.792. The van der Waals surface area contributed by atoms with Gasteiger partial charge in [0.15, 0.2) is 0 Å². The molecule has 1 N–H and O–H groups in total. The van der Waals surface area contributed by atoms with E-state index in [4.69, 9.17) is 0 Å². The molecule has 2 fully saturated rings. The summed E-state index contributed by atoms with van der Waals surface area (Å²) in [5.74, 6) is 1.02. The average Bonchev–Trinajstić information content (AvgIpc) is 2.43. The maximum absolute atomic E-state index is 3.58. The lowest BCUT2D eigenvalue weighted by molar-refractivity contribution is 0.0227. The van der Waals surface area contributed by atoms with Crippen molar-refractivity contribution in [3.05, 3.63) is 0 Å². The lowest BCUT2D eigenvalue weighted by Crippen LogP contribution is -2.54. The van der Waals surface area contributed by atoms with Gasteiger partial charge in [-0.05, 0) is 51.1 Å². The first-order chi connectivity index (χ1) is 8.86. The quantitative estimate of drug-likeness (QED) is 0.779. The van der Waals surface area contributed by atoms with Crippen molar-refractivity contribution in [1.29, 1.82) is 0 Å². The van der Waals surface area contributed by atoms with Crippen LogP contribution in [0.15, 0.2) is 0 Å². The Bertz CT molecular complexity index is 227. The van der Waals surface area contributed by atoms with Crippen molar-refractivity contribution in [3.63, 3.8) is 0 Å². The van der Waals surface area contributed by atoms with Crippen LogP contribution in [0.2, 0.25) is 0 Å². The fourth-order valence-corrected chi connectivity index (χ4v) is 4.15. The molecule has 0 aromatic rings. The van der Waals surface area contributed by atoms with Crippen LogP contribution in [0.25, 0.3) is 0 Å². The van der Waals surface area contributed by atoms with E-state index in [9.17, 15) is 0 Å². The van der Waals surface area contributed by atoms with Gasteiger partial charge >= 0.3 is 0 Å². The highest BCUT2D eigenvalue weighted by Gasteiger charge is 2.35. The Morgan fingerprint density at radius 2 is 1.89 bits per heavy atom. The number of hydrogen-bond acceptors (Lipinski definition) is 2. The highest BCUT2D eigenvalue weighted by molar-refractivity contribution is 4.91. The Morgan fingerprint density at radius 1 is 1.11 bits per heavy atom. The van der Waals surface area contributed by atoms with Crippen molar-refractivity contribution >= 4 is 0 Å². The standard InChI is InChI=1S/C16H32N2/c1-3-8-15(13-17-4-2)18-12-7-10-14-9-5-6-11-16(14)18/h14-17H,3-13H2,1-2H3. The summed E-state index contributed by atoms with van der Waals surface area (Å²) in [6.07, 6.45) is 11.6. The predicted molar refractivity (Wildman–Crippen MR) is 78.9 cm³/mol. The molecule has 1 aliphatic carbocycles. The molecule has 1 saturated carbocycles. The van der Waals surface area contributed by atoms with Crippen molar-refractivity contribution in [2.24, 2.45) is 5.92 Å². The summed E-state index contributed by atoms with van der Waals surface area (Å²) in [6, 6.07) is 1.71. The largest absolute Gasteiger partial charge is 0.315 e. The summed E-state index contributed by atoms with van der Waals surface area (Å²) in [4.78, 5) is 2.89. The van der Waals surface area contributed by atoms with Gasteiger partial charge in [-0.3, -0.25) is 4.90 Å². The van der Waals surface area contributed by atoms with E-state index in [0.29, 0.717) is 0 Å². The molecule has 18 heavy (non-hydrogen) atoms. The molecule has 0 amide bonds. The van der Waals surface area contributed by atoms with E-state index < -0.39 is 0 Å². The summed E-state index contributed by atoms with van der Waals surface area (Å²) < 4.78 is 0. The van der Waals surface area contributed by atoms with Gasteiger partial charge in [-0.15, -0.1) is 0 Å². The Labute approximate surface area is 114 Å². The van der Waals surface area contributed by atoms with Crippen molar-refractivity contribution in [2.45, 2.75) is 77.3 Å². The predicted octanol–water partition coefficient (Wildman–Crippen LogP) is 3.42. The molecule has 2 rings (SSSR count). The maximum atomic E-state index is 3.58. The maximum Gasteiger partial charge on any atom is 0.0223 e. The third kappa shape index (κ3) is 3.48. The van der Waals surface area contributed by atoms with Crippen molar-refractivity contribution < 1.29 is 0 Å². The number of piperidine rings is 1.